The van der Waals surface area contributed by atoms with Crippen LogP contribution in [0.1, 0.15) is 15.9 Å². The fourth-order valence-corrected chi connectivity index (χ4v) is 2.87. The molecule has 0 saturated heterocycles. The zero-order chi connectivity index (χ0) is 16.4. The molecule has 0 spiro atoms. The molecule has 1 amide bonds. The fourth-order valence-electron chi connectivity index (χ4n) is 2.87. The van der Waals surface area contributed by atoms with E-state index < -0.39 is 0 Å². The normalized spacial score (nSPS) is 10.8. The van der Waals surface area contributed by atoms with E-state index in [1.807, 2.05) is 60.7 Å². The van der Waals surface area contributed by atoms with Crippen molar-refractivity contribution in [2.75, 3.05) is 0 Å². The molecule has 24 heavy (non-hydrogen) atoms. The molecular formula is C21H16N2O. The van der Waals surface area contributed by atoms with Crippen LogP contribution >= 0.6 is 0 Å². The van der Waals surface area contributed by atoms with Crippen LogP contribution in [-0.4, -0.2) is 10.9 Å². The van der Waals surface area contributed by atoms with Crippen molar-refractivity contribution in [3.8, 4) is 0 Å². The van der Waals surface area contributed by atoms with Crippen molar-refractivity contribution in [2.24, 2.45) is 0 Å². The van der Waals surface area contributed by atoms with E-state index in [1.54, 1.807) is 0 Å². The zero-order valence-corrected chi connectivity index (χ0v) is 13.1. The van der Waals surface area contributed by atoms with Gasteiger partial charge in [0.15, 0.2) is 0 Å². The van der Waals surface area contributed by atoms with Crippen LogP contribution < -0.4 is 5.32 Å². The van der Waals surface area contributed by atoms with E-state index >= 15 is 0 Å². The molecule has 0 fully saturated rings. The second-order valence-electron chi connectivity index (χ2n) is 5.72. The van der Waals surface area contributed by atoms with Gasteiger partial charge in [0.2, 0.25) is 0 Å². The molecule has 1 aromatic heterocycles. The summed E-state index contributed by atoms with van der Waals surface area (Å²) in [7, 11) is 0. The Hall–Kier alpha value is -3.20. The van der Waals surface area contributed by atoms with E-state index in [0.717, 1.165) is 27.4 Å². The van der Waals surface area contributed by atoms with Gasteiger partial charge in [-0.25, -0.2) is 4.98 Å². The second-order valence-corrected chi connectivity index (χ2v) is 5.72. The van der Waals surface area contributed by atoms with Gasteiger partial charge in [0.05, 0.1) is 11.0 Å². The Balaban J connectivity index is 1.66. The molecule has 0 radical (unpaired) electrons. The zero-order valence-electron chi connectivity index (χ0n) is 13.1. The number of aromatic nitrogens is 1. The first-order valence-corrected chi connectivity index (χ1v) is 7.92. The average Bonchev–Trinajstić information content (AvgIpc) is 2.65. The molecule has 3 aromatic carbocycles. The minimum Gasteiger partial charge on any atom is -0.348 e. The summed E-state index contributed by atoms with van der Waals surface area (Å²) in [6.07, 6.45) is 0. The Kier molecular flexibility index (Phi) is 3.67. The highest BCUT2D eigenvalue weighted by Gasteiger charge is 2.08. The van der Waals surface area contributed by atoms with Gasteiger partial charge in [0.1, 0.15) is 0 Å². The molecule has 116 valence electrons. The third-order valence-electron chi connectivity index (χ3n) is 4.11. The minimum atomic E-state index is -0.0756. The van der Waals surface area contributed by atoms with Crippen molar-refractivity contribution in [2.45, 2.75) is 6.54 Å². The fraction of sp³-hybridized carbons (Fsp3) is 0.0476. The summed E-state index contributed by atoms with van der Waals surface area (Å²) in [6.45, 7) is 0.455. The molecule has 0 aliphatic heterocycles. The number of hydrogen-bond acceptors (Lipinski definition) is 2. The molecule has 0 saturated carbocycles. The maximum atomic E-state index is 12.2. The van der Waals surface area contributed by atoms with Gasteiger partial charge in [-0.3, -0.25) is 4.79 Å². The molecule has 4 rings (SSSR count). The van der Waals surface area contributed by atoms with Crippen LogP contribution in [-0.2, 0) is 6.54 Å². The van der Waals surface area contributed by atoms with Crippen molar-refractivity contribution in [3.05, 3.63) is 90.0 Å². The van der Waals surface area contributed by atoms with Gasteiger partial charge < -0.3 is 5.32 Å². The minimum absolute atomic E-state index is 0.0756. The van der Waals surface area contributed by atoms with Gasteiger partial charge in [-0.1, -0.05) is 54.6 Å². The highest BCUT2D eigenvalue weighted by Crippen LogP contribution is 2.22. The second kappa shape index (κ2) is 6.13. The van der Waals surface area contributed by atoms with Gasteiger partial charge in [0, 0.05) is 22.9 Å². The summed E-state index contributed by atoms with van der Waals surface area (Å²) in [5, 5.41) is 5.18. The van der Waals surface area contributed by atoms with Crippen molar-refractivity contribution in [1.82, 2.24) is 10.3 Å². The smallest absolute Gasteiger partial charge is 0.251 e. The first-order valence-electron chi connectivity index (χ1n) is 7.92. The number of carbonyl (C=O) groups is 1. The summed E-state index contributed by atoms with van der Waals surface area (Å²) < 4.78 is 0. The number of fused-ring (bicyclic) bond motifs is 2. The first kappa shape index (κ1) is 14.4. The maximum Gasteiger partial charge on any atom is 0.251 e. The lowest BCUT2D eigenvalue weighted by Gasteiger charge is -2.09. The van der Waals surface area contributed by atoms with Crippen molar-refractivity contribution in [3.63, 3.8) is 0 Å². The number of hydrogen-bond donors (Lipinski definition) is 1. The van der Waals surface area contributed by atoms with E-state index in [2.05, 4.69) is 23.5 Å². The van der Waals surface area contributed by atoms with Gasteiger partial charge >= 0.3 is 0 Å². The van der Waals surface area contributed by atoms with Crippen LogP contribution in [0, 0.1) is 0 Å². The third-order valence-corrected chi connectivity index (χ3v) is 4.11. The summed E-state index contributed by atoms with van der Waals surface area (Å²) in [5.41, 5.74) is 3.58. The Labute approximate surface area is 140 Å². The molecule has 0 aliphatic rings. The number of nitrogens with one attached hydrogen (secondary N) is 1. The van der Waals surface area contributed by atoms with Gasteiger partial charge in [0.25, 0.3) is 5.91 Å². The lowest BCUT2D eigenvalue weighted by atomic mass is 10.1. The topological polar surface area (TPSA) is 42.0 Å². The molecule has 0 unspecified atom stereocenters. The summed E-state index contributed by atoms with van der Waals surface area (Å²) >= 11 is 0. The third kappa shape index (κ3) is 2.72. The largest absolute Gasteiger partial charge is 0.348 e. The molecular weight excluding hydrogens is 296 g/mol. The monoisotopic (exact) mass is 312 g/mol. The van der Waals surface area contributed by atoms with Crippen LogP contribution in [0.4, 0.5) is 0 Å². The highest BCUT2D eigenvalue weighted by atomic mass is 16.1. The number of para-hydroxylation sites is 2. The molecule has 1 N–H and O–H groups in total. The number of pyridine rings is 1. The van der Waals surface area contributed by atoms with Crippen LogP contribution in [0.5, 0.6) is 0 Å². The molecule has 1 heterocycles. The Morgan fingerprint density at radius 1 is 0.833 bits per heavy atom. The van der Waals surface area contributed by atoms with Gasteiger partial charge in [-0.15, -0.1) is 0 Å². The number of carbonyl (C=O) groups excluding carboxylic acids is 1. The number of benzene rings is 3. The quantitative estimate of drug-likeness (QED) is 0.572. The van der Waals surface area contributed by atoms with E-state index in [9.17, 15) is 4.79 Å². The predicted molar refractivity (Wildman–Crippen MR) is 96.9 cm³/mol. The Morgan fingerprint density at radius 3 is 2.46 bits per heavy atom. The maximum absolute atomic E-state index is 12.2. The lowest BCUT2D eigenvalue weighted by Crippen LogP contribution is -2.22. The molecule has 0 bridgehead atoms. The first-order chi connectivity index (χ1) is 11.8. The van der Waals surface area contributed by atoms with Crippen LogP contribution in [0.15, 0.2) is 78.9 Å². The van der Waals surface area contributed by atoms with Gasteiger partial charge in [-0.2, -0.15) is 0 Å². The number of rotatable bonds is 3. The van der Waals surface area contributed by atoms with Crippen molar-refractivity contribution in [1.29, 1.82) is 0 Å². The standard InChI is InChI=1S/C21H16N2O/c24-21(15-7-2-1-3-8-15)22-14-18-11-6-10-17-13-16-9-4-5-12-19(16)23-20(17)18/h1-13H,14H2,(H,22,24). The SMILES string of the molecule is O=C(NCc1cccc2cc3ccccc3nc12)c1ccccc1. The Morgan fingerprint density at radius 2 is 1.58 bits per heavy atom. The molecule has 3 heteroatoms. The molecule has 0 atom stereocenters. The van der Waals surface area contributed by atoms with E-state index in [0.29, 0.717) is 12.1 Å². The van der Waals surface area contributed by atoms with Crippen LogP contribution in [0.25, 0.3) is 21.8 Å². The van der Waals surface area contributed by atoms with Crippen molar-refractivity contribution < 1.29 is 4.79 Å². The van der Waals surface area contributed by atoms with Crippen molar-refractivity contribution >= 4 is 27.7 Å². The van der Waals surface area contributed by atoms with Gasteiger partial charge in [-0.05, 0) is 29.8 Å². The van der Waals surface area contributed by atoms with E-state index in [4.69, 9.17) is 4.98 Å². The Bertz CT molecular complexity index is 1030. The average molecular weight is 312 g/mol. The van der Waals surface area contributed by atoms with E-state index in [1.165, 1.54) is 0 Å². The van der Waals surface area contributed by atoms with Crippen LogP contribution in [0.3, 0.4) is 0 Å². The predicted octanol–water partition coefficient (Wildman–Crippen LogP) is 4.32. The van der Waals surface area contributed by atoms with Crippen LogP contribution in [0.2, 0.25) is 0 Å². The summed E-state index contributed by atoms with van der Waals surface area (Å²) in [5.74, 6) is -0.0756. The lowest BCUT2D eigenvalue weighted by molar-refractivity contribution is 0.0951. The number of amides is 1. The summed E-state index contributed by atoms with van der Waals surface area (Å²) in [4.78, 5) is 17.0. The van der Waals surface area contributed by atoms with E-state index in [-0.39, 0.29) is 5.91 Å². The molecule has 3 nitrogen and oxygen atoms in total. The molecule has 0 aliphatic carbocycles. The number of nitrogens with zero attached hydrogens (tertiary/aromatic N) is 1. The summed E-state index contributed by atoms with van der Waals surface area (Å²) in [6, 6.07) is 25.5. The highest BCUT2D eigenvalue weighted by molar-refractivity contribution is 5.96. The molecule has 4 aromatic rings.